The molecule has 3 aromatic rings. The molecule has 1 aromatic heterocycles. The molecule has 32 heavy (non-hydrogen) atoms. The Morgan fingerprint density at radius 1 is 0.969 bits per heavy atom. The van der Waals surface area contributed by atoms with Gasteiger partial charge in [-0.25, -0.2) is 4.39 Å². The summed E-state index contributed by atoms with van der Waals surface area (Å²) in [7, 11) is 3.06. The highest BCUT2D eigenvalue weighted by Crippen LogP contribution is 2.39. The Kier molecular flexibility index (Phi) is 6.41. The van der Waals surface area contributed by atoms with Gasteiger partial charge in [-0.1, -0.05) is 12.1 Å². The monoisotopic (exact) mass is 454 g/mol. The van der Waals surface area contributed by atoms with Crippen molar-refractivity contribution in [2.45, 2.75) is 25.7 Å². The first kappa shape index (κ1) is 21.8. The molecule has 0 bridgehead atoms. The number of hydrogen-bond acceptors (Lipinski definition) is 5. The minimum absolute atomic E-state index is 0.0697. The average Bonchev–Trinajstić information content (AvgIpc) is 3.17. The lowest BCUT2D eigenvalue weighted by molar-refractivity contribution is 0.102. The molecule has 0 saturated heterocycles. The number of aryl methyl sites for hydroxylation is 1. The number of methoxy groups -OCH3 is 2. The minimum atomic E-state index is -0.613. The van der Waals surface area contributed by atoms with Gasteiger partial charge in [0, 0.05) is 10.9 Å². The quantitative estimate of drug-likeness (QED) is 0.531. The van der Waals surface area contributed by atoms with Crippen LogP contribution in [0.5, 0.6) is 11.5 Å². The zero-order valence-electron chi connectivity index (χ0n) is 17.8. The van der Waals surface area contributed by atoms with Gasteiger partial charge in [0.25, 0.3) is 11.8 Å². The van der Waals surface area contributed by atoms with E-state index in [1.54, 1.807) is 31.4 Å². The van der Waals surface area contributed by atoms with E-state index in [1.165, 1.54) is 36.6 Å². The smallest absolute Gasteiger partial charge is 0.259 e. The first-order valence-corrected chi connectivity index (χ1v) is 11.1. The summed E-state index contributed by atoms with van der Waals surface area (Å²) >= 11 is 1.38. The molecule has 2 amide bonds. The van der Waals surface area contributed by atoms with Crippen molar-refractivity contribution in [3.05, 3.63) is 69.8 Å². The Balaban J connectivity index is 1.69. The van der Waals surface area contributed by atoms with Crippen LogP contribution in [0.1, 0.15) is 44.0 Å². The Labute approximate surface area is 189 Å². The maximum Gasteiger partial charge on any atom is 0.259 e. The predicted molar refractivity (Wildman–Crippen MR) is 123 cm³/mol. The van der Waals surface area contributed by atoms with Crippen LogP contribution in [0.2, 0.25) is 0 Å². The second-order valence-electron chi connectivity index (χ2n) is 7.37. The number of fused-ring (bicyclic) bond motifs is 1. The number of ether oxygens (including phenoxy) is 2. The molecular weight excluding hydrogens is 431 g/mol. The zero-order chi connectivity index (χ0) is 22.7. The lowest BCUT2D eigenvalue weighted by atomic mass is 9.95. The molecule has 1 aliphatic rings. The summed E-state index contributed by atoms with van der Waals surface area (Å²) < 4.78 is 24.7. The van der Waals surface area contributed by atoms with Crippen molar-refractivity contribution in [2.75, 3.05) is 24.9 Å². The van der Waals surface area contributed by atoms with Gasteiger partial charge in [-0.05, 0) is 55.5 Å². The van der Waals surface area contributed by atoms with Crippen LogP contribution in [0.3, 0.4) is 0 Å². The van der Waals surface area contributed by atoms with Crippen LogP contribution in [0.15, 0.2) is 42.5 Å². The molecule has 0 aliphatic heterocycles. The maximum absolute atomic E-state index is 14.1. The second kappa shape index (κ2) is 9.40. The molecule has 2 aromatic carbocycles. The maximum atomic E-state index is 14.1. The fourth-order valence-electron chi connectivity index (χ4n) is 3.81. The molecule has 0 saturated carbocycles. The SMILES string of the molecule is COc1ccc(OC)c(NC(=O)c2c(NC(=O)c3ccccc3F)sc3c2CCCC3)c1. The van der Waals surface area contributed by atoms with Crippen molar-refractivity contribution >= 4 is 33.8 Å². The lowest BCUT2D eigenvalue weighted by Crippen LogP contribution is -2.19. The van der Waals surface area contributed by atoms with Gasteiger partial charge in [0.1, 0.15) is 22.3 Å². The average molecular weight is 455 g/mol. The van der Waals surface area contributed by atoms with Crippen molar-refractivity contribution in [3.63, 3.8) is 0 Å². The van der Waals surface area contributed by atoms with Crippen LogP contribution in [-0.4, -0.2) is 26.0 Å². The molecule has 1 heterocycles. The third-order valence-corrected chi connectivity index (χ3v) is 6.61. The van der Waals surface area contributed by atoms with E-state index in [1.807, 2.05) is 0 Å². The van der Waals surface area contributed by atoms with Crippen LogP contribution >= 0.6 is 11.3 Å². The highest BCUT2D eigenvalue weighted by atomic mass is 32.1. The van der Waals surface area contributed by atoms with E-state index >= 15 is 0 Å². The van der Waals surface area contributed by atoms with E-state index in [0.717, 1.165) is 36.1 Å². The van der Waals surface area contributed by atoms with Gasteiger partial charge in [-0.15, -0.1) is 11.3 Å². The third-order valence-electron chi connectivity index (χ3n) is 5.40. The molecule has 166 valence electrons. The van der Waals surface area contributed by atoms with Gasteiger partial charge in [0.05, 0.1) is 31.0 Å². The summed E-state index contributed by atoms with van der Waals surface area (Å²) in [4.78, 5) is 27.2. The number of thiophene rings is 1. The van der Waals surface area contributed by atoms with Gasteiger partial charge in [0.15, 0.2) is 0 Å². The number of anilines is 2. The van der Waals surface area contributed by atoms with Crippen LogP contribution in [-0.2, 0) is 12.8 Å². The third kappa shape index (κ3) is 4.31. The molecule has 2 N–H and O–H groups in total. The van der Waals surface area contributed by atoms with E-state index in [2.05, 4.69) is 10.6 Å². The molecule has 4 rings (SSSR count). The number of carbonyl (C=O) groups excluding carboxylic acids is 2. The fraction of sp³-hybridized carbons (Fsp3) is 0.250. The van der Waals surface area contributed by atoms with Crippen molar-refractivity contribution in [2.24, 2.45) is 0 Å². The summed E-state index contributed by atoms with van der Waals surface area (Å²) in [5.41, 5.74) is 1.74. The van der Waals surface area contributed by atoms with E-state index in [-0.39, 0.29) is 11.5 Å². The summed E-state index contributed by atoms with van der Waals surface area (Å²) in [6.45, 7) is 0. The second-order valence-corrected chi connectivity index (χ2v) is 8.47. The van der Waals surface area contributed by atoms with E-state index in [9.17, 15) is 14.0 Å². The Morgan fingerprint density at radius 2 is 1.75 bits per heavy atom. The highest BCUT2D eigenvalue weighted by molar-refractivity contribution is 7.17. The standard InChI is InChI=1S/C24H23FN2O4S/c1-30-14-11-12-19(31-2)18(13-14)26-23(29)21-16-8-4-6-10-20(16)32-24(21)27-22(28)15-7-3-5-9-17(15)25/h3,5,7,9,11-13H,4,6,8,10H2,1-2H3,(H,26,29)(H,27,28). The molecule has 0 atom stereocenters. The van der Waals surface area contributed by atoms with E-state index < -0.39 is 11.7 Å². The van der Waals surface area contributed by atoms with Crippen LogP contribution < -0.4 is 20.1 Å². The number of rotatable bonds is 6. The molecule has 0 fully saturated rings. The molecular formula is C24H23FN2O4S. The van der Waals surface area contributed by atoms with Crippen LogP contribution in [0.4, 0.5) is 15.1 Å². The van der Waals surface area contributed by atoms with Crippen molar-refractivity contribution in [1.29, 1.82) is 0 Å². The van der Waals surface area contributed by atoms with Crippen molar-refractivity contribution in [1.82, 2.24) is 0 Å². The Bertz CT molecular complexity index is 1170. The summed E-state index contributed by atoms with van der Waals surface area (Å²) in [6.07, 6.45) is 3.59. The molecule has 8 heteroatoms. The number of benzene rings is 2. The summed E-state index contributed by atoms with van der Waals surface area (Å²) in [5, 5.41) is 6.08. The first-order chi connectivity index (χ1) is 15.5. The molecule has 1 aliphatic carbocycles. The van der Waals surface area contributed by atoms with Gasteiger partial charge < -0.3 is 20.1 Å². The fourth-order valence-corrected chi connectivity index (χ4v) is 5.09. The van der Waals surface area contributed by atoms with E-state index in [0.29, 0.717) is 27.8 Å². The zero-order valence-corrected chi connectivity index (χ0v) is 18.6. The van der Waals surface area contributed by atoms with E-state index in [4.69, 9.17) is 9.47 Å². The van der Waals surface area contributed by atoms with Gasteiger partial charge in [-0.3, -0.25) is 9.59 Å². The molecule has 0 unspecified atom stereocenters. The summed E-state index contributed by atoms with van der Waals surface area (Å²) in [5.74, 6) is -0.505. The van der Waals surface area contributed by atoms with Crippen molar-refractivity contribution in [3.8, 4) is 11.5 Å². The molecule has 0 spiro atoms. The van der Waals surface area contributed by atoms with Gasteiger partial charge in [-0.2, -0.15) is 0 Å². The number of carbonyl (C=O) groups is 2. The van der Waals surface area contributed by atoms with Gasteiger partial charge >= 0.3 is 0 Å². The Hall–Kier alpha value is -3.39. The van der Waals surface area contributed by atoms with Crippen LogP contribution in [0.25, 0.3) is 0 Å². The number of hydrogen-bond donors (Lipinski definition) is 2. The minimum Gasteiger partial charge on any atom is -0.497 e. The number of halogens is 1. The molecule has 6 nitrogen and oxygen atoms in total. The topological polar surface area (TPSA) is 76.7 Å². The summed E-state index contributed by atoms with van der Waals surface area (Å²) in [6, 6.07) is 10.9. The Morgan fingerprint density at radius 3 is 2.50 bits per heavy atom. The molecule has 0 radical (unpaired) electrons. The number of nitrogens with one attached hydrogen (secondary N) is 2. The predicted octanol–water partition coefficient (Wildman–Crippen LogP) is 5.29. The normalized spacial score (nSPS) is 12.6. The highest BCUT2D eigenvalue weighted by Gasteiger charge is 2.27. The van der Waals surface area contributed by atoms with Crippen molar-refractivity contribution < 1.29 is 23.5 Å². The van der Waals surface area contributed by atoms with Gasteiger partial charge in [0.2, 0.25) is 0 Å². The van der Waals surface area contributed by atoms with Crippen LogP contribution in [0, 0.1) is 5.82 Å². The lowest BCUT2D eigenvalue weighted by Gasteiger charge is -2.15. The number of amides is 2. The largest absolute Gasteiger partial charge is 0.497 e. The first-order valence-electron chi connectivity index (χ1n) is 10.3.